The normalized spacial score (nSPS) is 43.5. The van der Waals surface area contributed by atoms with Crippen LogP contribution in [0, 0.1) is 17.3 Å². The Hall–Kier alpha value is -0.0800. The molecule has 2 fully saturated rings. The van der Waals surface area contributed by atoms with Gasteiger partial charge in [0, 0.05) is 11.5 Å². The second-order valence-electron chi connectivity index (χ2n) is 6.95. The summed E-state index contributed by atoms with van der Waals surface area (Å²) in [6.45, 7) is 9.27. The van der Waals surface area contributed by atoms with Crippen LogP contribution in [-0.4, -0.2) is 18.2 Å². The summed E-state index contributed by atoms with van der Waals surface area (Å²) in [6, 6.07) is 0.357. The molecule has 0 aliphatic heterocycles. The fraction of sp³-hybridized carbons (Fsp3) is 1.00. The minimum Gasteiger partial charge on any atom is -0.374 e. The standard InChI is InChI=1S/C16H31NO/c1-5-16(6-2)14(17)10-15(16)18-13-8-11(3)7-12(4)9-13/h11-15H,5-10,17H2,1-4H3. The van der Waals surface area contributed by atoms with Crippen molar-refractivity contribution in [3.8, 4) is 0 Å². The van der Waals surface area contributed by atoms with Gasteiger partial charge in [0.2, 0.25) is 0 Å². The van der Waals surface area contributed by atoms with E-state index in [2.05, 4.69) is 27.7 Å². The first-order valence-corrected chi connectivity index (χ1v) is 7.92. The van der Waals surface area contributed by atoms with Crippen molar-refractivity contribution in [2.45, 2.75) is 84.5 Å². The molecule has 2 aliphatic carbocycles. The molecule has 0 amide bonds. The van der Waals surface area contributed by atoms with Crippen molar-refractivity contribution in [1.29, 1.82) is 0 Å². The number of hydrogen-bond donors (Lipinski definition) is 1. The molecule has 0 aromatic carbocycles. The van der Waals surface area contributed by atoms with Crippen molar-refractivity contribution < 1.29 is 4.74 Å². The van der Waals surface area contributed by atoms with Crippen molar-refractivity contribution >= 4 is 0 Å². The lowest BCUT2D eigenvalue weighted by molar-refractivity contribution is -0.170. The molecule has 106 valence electrons. The molecule has 0 aromatic rings. The molecule has 2 aliphatic rings. The summed E-state index contributed by atoms with van der Waals surface area (Å²) in [5, 5.41) is 0. The average molecular weight is 253 g/mol. The molecule has 0 heterocycles. The lowest BCUT2D eigenvalue weighted by atomic mass is 9.59. The van der Waals surface area contributed by atoms with E-state index in [-0.39, 0.29) is 5.41 Å². The molecule has 2 nitrogen and oxygen atoms in total. The highest BCUT2D eigenvalue weighted by atomic mass is 16.5. The smallest absolute Gasteiger partial charge is 0.0664 e. The third-order valence-corrected chi connectivity index (χ3v) is 5.66. The van der Waals surface area contributed by atoms with E-state index >= 15 is 0 Å². The Kier molecular flexibility index (Phi) is 4.38. The zero-order valence-corrected chi connectivity index (χ0v) is 12.6. The van der Waals surface area contributed by atoms with E-state index in [1.807, 2.05) is 0 Å². The summed E-state index contributed by atoms with van der Waals surface area (Å²) in [5.41, 5.74) is 6.52. The van der Waals surface area contributed by atoms with Crippen molar-refractivity contribution in [2.75, 3.05) is 0 Å². The number of rotatable bonds is 4. The SMILES string of the molecule is CCC1(CC)C(N)CC1OC1CC(C)CC(C)C1. The largest absolute Gasteiger partial charge is 0.374 e. The number of nitrogens with two attached hydrogens (primary N) is 1. The Morgan fingerprint density at radius 1 is 1.00 bits per heavy atom. The third kappa shape index (κ3) is 2.46. The minimum atomic E-state index is 0.268. The molecule has 2 N–H and O–H groups in total. The van der Waals surface area contributed by atoms with Gasteiger partial charge in [0.25, 0.3) is 0 Å². The topological polar surface area (TPSA) is 35.2 Å². The fourth-order valence-corrected chi connectivity index (χ4v) is 4.42. The first-order valence-electron chi connectivity index (χ1n) is 7.92. The highest BCUT2D eigenvalue weighted by molar-refractivity contribution is 5.05. The minimum absolute atomic E-state index is 0.268. The zero-order valence-electron chi connectivity index (χ0n) is 12.6. The molecule has 18 heavy (non-hydrogen) atoms. The van der Waals surface area contributed by atoms with Gasteiger partial charge in [-0.3, -0.25) is 0 Å². The number of hydrogen-bond acceptors (Lipinski definition) is 2. The molecule has 4 unspecified atom stereocenters. The predicted molar refractivity (Wildman–Crippen MR) is 76.4 cm³/mol. The Morgan fingerprint density at radius 2 is 1.56 bits per heavy atom. The first kappa shape index (κ1) is 14.3. The molecule has 2 saturated carbocycles. The van der Waals surface area contributed by atoms with Crippen LogP contribution < -0.4 is 5.73 Å². The summed E-state index contributed by atoms with van der Waals surface area (Å²) in [6.07, 6.45) is 8.17. The van der Waals surface area contributed by atoms with Gasteiger partial charge in [-0.2, -0.15) is 0 Å². The molecular formula is C16H31NO. The van der Waals surface area contributed by atoms with Crippen molar-refractivity contribution in [3.63, 3.8) is 0 Å². The lowest BCUT2D eigenvalue weighted by Gasteiger charge is -2.55. The second kappa shape index (κ2) is 5.50. The van der Waals surface area contributed by atoms with Gasteiger partial charge in [-0.25, -0.2) is 0 Å². The van der Waals surface area contributed by atoms with Gasteiger partial charge in [0.05, 0.1) is 12.2 Å². The maximum absolute atomic E-state index is 6.46. The third-order valence-electron chi connectivity index (χ3n) is 5.66. The van der Waals surface area contributed by atoms with Crippen LogP contribution >= 0.6 is 0 Å². The Balaban J connectivity index is 1.93. The van der Waals surface area contributed by atoms with Crippen LogP contribution in [0.3, 0.4) is 0 Å². The van der Waals surface area contributed by atoms with Crippen molar-refractivity contribution in [1.82, 2.24) is 0 Å². The molecule has 2 rings (SSSR count). The van der Waals surface area contributed by atoms with E-state index in [0.717, 1.165) is 31.1 Å². The van der Waals surface area contributed by atoms with E-state index in [0.29, 0.717) is 18.2 Å². The van der Waals surface area contributed by atoms with Crippen LogP contribution in [0.4, 0.5) is 0 Å². The molecule has 0 saturated heterocycles. The summed E-state index contributed by atoms with van der Waals surface area (Å²) in [5.74, 6) is 1.65. The van der Waals surface area contributed by atoms with Crippen LogP contribution in [0.1, 0.15) is 66.2 Å². The second-order valence-corrected chi connectivity index (χ2v) is 6.95. The highest BCUT2D eigenvalue weighted by Gasteiger charge is 2.52. The van der Waals surface area contributed by atoms with Gasteiger partial charge >= 0.3 is 0 Å². The average Bonchev–Trinajstić information content (AvgIpc) is 2.29. The lowest BCUT2D eigenvalue weighted by Crippen LogP contribution is -2.62. The van der Waals surface area contributed by atoms with E-state index in [1.165, 1.54) is 19.3 Å². The van der Waals surface area contributed by atoms with E-state index < -0.39 is 0 Å². The molecule has 4 atom stereocenters. The van der Waals surface area contributed by atoms with Crippen molar-refractivity contribution in [2.24, 2.45) is 23.0 Å². The van der Waals surface area contributed by atoms with Gasteiger partial charge < -0.3 is 10.5 Å². The molecular weight excluding hydrogens is 222 g/mol. The van der Waals surface area contributed by atoms with Crippen LogP contribution in [0.5, 0.6) is 0 Å². The van der Waals surface area contributed by atoms with Gasteiger partial charge in [-0.05, 0) is 50.4 Å². The maximum Gasteiger partial charge on any atom is 0.0664 e. The molecule has 0 aromatic heterocycles. The summed E-state index contributed by atoms with van der Waals surface area (Å²) in [4.78, 5) is 0. The number of ether oxygens (including phenoxy) is 1. The summed E-state index contributed by atoms with van der Waals surface area (Å²) < 4.78 is 6.46. The quantitative estimate of drug-likeness (QED) is 0.828. The molecule has 0 spiro atoms. The summed E-state index contributed by atoms with van der Waals surface area (Å²) >= 11 is 0. The van der Waals surface area contributed by atoms with Crippen molar-refractivity contribution in [3.05, 3.63) is 0 Å². The van der Waals surface area contributed by atoms with Gasteiger partial charge in [-0.1, -0.05) is 27.7 Å². The van der Waals surface area contributed by atoms with E-state index in [1.54, 1.807) is 0 Å². The Morgan fingerprint density at radius 3 is 2.00 bits per heavy atom. The van der Waals surface area contributed by atoms with Crippen LogP contribution in [-0.2, 0) is 4.74 Å². The van der Waals surface area contributed by atoms with Crippen LogP contribution in [0.25, 0.3) is 0 Å². The predicted octanol–water partition coefficient (Wildman–Crippen LogP) is 3.73. The highest BCUT2D eigenvalue weighted by Crippen LogP contribution is 2.49. The molecule has 0 bridgehead atoms. The fourth-order valence-electron chi connectivity index (χ4n) is 4.42. The van der Waals surface area contributed by atoms with E-state index in [9.17, 15) is 0 Å². The van der Waals surface area contributed by atoms with Gasteiger partial charge in [0.15, 0.2) is 0 Å². The van der Waals surface area contributed by atoms with Crippen LogP contribution in [0.2, 0.25) is 0 Å². The Bertz CT molecular complexity index is 264. The van der Waals surface area contributed by atoms with Gasteiger partial charge in [-0.15, -0.1) is 0 Å². The monoisotopic (exact) mass is 253 g/mol. The molecule has 2 heteroatoms. The molecule has 0 radical (unpaired) electrons. The van der Waals surface area contributed by atoms with E-state index in [4.69, 9.17) is 10.5 Å². The van der Waals surface area contributed by atoms with Crippen LogP contribution in [0.15, 0.2) is 0 Å². The summed E-state index contributed by atoms with van der Waals surface area (Å²) in [7, 11) is 0. The van der Waals surface area contributed by atoms with Gasteiger partial charge in [0.1, 0.15) is 0 Å². The first-order chi connectivity index (χ1) is 8.51. The maximum atomic E-state index is 6.46. The zero-order chi connectivity index (χ0) is 13.3. The Labute approximate surface area is 113 Å².